The largest absolute Gasteiger partial charge is 0.491 e. The molecule has 0 radical (unpaired) electrons. The van der Waals surface area contributed by atoms with Gasteiger partial charge in [0.15, 0.2) is 11.5 Å². The predicted octanol–water partition coefficient (Wildman–Crippen LogP) is 2.26. The Bertz CT molecular complexity index is 517. The second-order valence-electron chi connectivity index (χ2n) is 4.39. The number of aliphatic hydroxyl groups excluding tert-OH is 1. The summed E-state index contributed by atoms with van der Waals surface area (Å²) in [7, 11) is 1.52. The molecule has 0 bridgehead atoms. The van der Waals surface area contributed by atoms with Crippen LogP contribution in [-0.4, -0.2) is 37.4 Å². The van der Waals surface area contributed by atoms with Gasteiger partial charge in [0.1, 0.15) is 0 Å². The van der Waals surface area contributed by atoms with Gasteiger partial charge in [0.25, 0.3) is 0 Å². The van der Waals surface area contributed by atoms with E-state index >= 15 is 0 Å². The monoisotopic (exact) mass is 313 g/mol. The van der Waals surface area contributed by atoms with Gasteiger partial charge in [-0.25, -0.2) is 0 Å². The van der Waals surface area contributed by atoms with Gasteiger partial charge >= 0.3 is 0 Å². The summed E-state index contributed by atoms with van der Waals surface area (Å²) >= 11 is 6.12. The summed E-state index contributed by atoms with van der Waals surface area (Å²) in [5.74, 6) is 0.701. The standard InChI is InChI=1S/C15H20ClNO4/c1-4-21-13-8-11(7-12(16)15(13)20-3)5-6-14(19)17-10(2)9-18/h5-8,10,18H,4,9H2,1-3H3,(H,17,19)/b6-5+. The quantitative estimate of drug-likeness (QED) is 0.758. The highest BCUT2D eigenvalue weighted by molar-refractivity contribution is 6.32. The smallest absolute Gasteiger partial charge is 0.244 e. The van der Waals surface area contributed by atoms with E-state index in [4.69, 9.17) is 26.2 Å². The lowest BCUT2D eigenvalue weighted by Crippen LogP contribution is -2.33. The van der Waals surface area contributed by atoms with Gasteiger partial charge in [0.2, 0.25) is 5.91 Å². The molecule has 0 saturated heterocycles. The van der Waals surface area contributed by atoms with E-state index in [9.17, 15) is 4.79 Å². The summed E-state index contributed by atoms with van der Waals surface area (Å²) in [5.41, 5.74) is 0.719. The summed E-state index contributed by atoms with van der Waals surface area (Å²) in [6, 6.07) is 3.14. The molecule has 1 aromatic rings. The zero-order valence-electron chi connectivity index (χ0n) is 12.4. The van der Waals surface area contributed by atoms with Gasteiger partial charge in [-0.05, 0) is 37.6 Å². The molecule has 0 fully saturated rings. The maximum absolute atomic E-state index is 11.6. The van der Waals surface area contributed by atoms with Crippen LogP contribution in [0.2, 0.25) is 5.02 Å². The van der Waals surface area contributed by atoms with Crippen LogP contribution in [0.3, 0.4) is 0 Å². The number of hydrogen-bond acceptors (Lipinski definition) is 4. The number of rotatable bonds is 7. The third-order valence-corrected chi connectivity index (χ3v) is 2.91. The molecule has 0 aliphatic rings. The first-order valence-electron chi connectivity index (χ1n) is 6.61. The van der Waals surface area contributed by atoms with Crippen molar-refractivity contribution in [3.05, 3.63) is 28.8 Å². The molecule has 0 spiro atoms. The molecule has 0 heterocycles. The molecule has 116 valence electrons. The number of nitrogens with one attached hydrogen (secondary N) is 1. The fourth-order valence-corrected chi connectivity index (χ4v) is 1.95. The van der Waals surface area contributed by atoms with E-state index < -0.39 is 0 Å². The topological polar surface area (TPSA) is 67.8 Å². The number of amides is 1. The van der Waals surface area contributed by atoms with Gasteiger partial charge < -0.3 is 19.9 Å². The van der Waals surface area contributed by atoms with Crippen molar-refractivity contribution in [2.24, 2.45) is 0 Å². The van der Waals surface area contributed by atoms with E-state index in [-0.39, 0.29) is 18.6 Å². The Balaban J connectivity index is 2.91. The number of carbonyl (C=O) groups is 1. The van der Waals surface area contributed by atoms with Gasteiger partial charge in [-0.15, -0.1) is 0 Å². The van der Waals surface area contributed by atoms with E-state index in [2.05, 4.69) is 5.32 Å². The van der Waals surface area contributed by atoms with Gasteiger partial charge in [-0.3, -0.25) is 4.79 Å². The van der Waals surface area contributed by atoms with E-state index in [1.54, 1.807) is 25.1 Å². The molecule has 0 aliphatic heterocycles. The van der Waals surface area contributed by atoms with Crippen molar-refractivity contribution in [1.29, 1.82) is 0 Å². The first kappa shape index (κ1) is 17.3. The minimum Gasteiger partial charge on any atom is -0.491 e. The molecule has 0 aromatic heterocycles. The third kappa shape index (κ3) is 5.28. The van der Waals surface area contributed by atoms with E-state index in [1.165, 1.54) is 13.2 Å². The zero-order chi connectivity index (χ0) is 15.8. The van der Waals surface area contributed by atoms with E-state index in [0.29, 0.717) is 23.1 Å². The molecule has 1 aromatic carbocycles. The average molecular weight is 314 g/mol. The minimum atomic E-state index is -0.291. The fraction of sp³-hybridized carbons (Fsp3) is 0.400. The molecule has 6 heteroatoms. The Morgan fingerprint density at radius 2 is 2.24 bits per heavy atom. The summed E-state index contributed by atoms with van der Waals surface area (Å²) in [4.78, 5) is 11.6. The van der Waals surface area contributed by atoms with Crippen LogP contribution in [0.1, 0.15) is 19.4 Å². The highest BCUT2D eigenvalue weighted by Crippen LogP contribution is 2.36. The number of methoxy groups -OCH3 is 1. The number of ether oxygens (including phenoxy) is 2. The first-order valence-corrected chi connectivity index (χ1v) is 6.99. The summed E-state index contributed by atoms with van der Waals surface area (Å²) in [5, 5.41) is 11.9. The van der Waals surface area contributed by atoms with Crippen molar-refractivity contribution in [3.63, 3.8) is 0 Å². The Kier molecular flexibility index (Phi) is 7.05. The van der Waals surface area contributed by atoms with Crippen LogP contribution in [0.4, 0.5) is 0 Å². The van der Waals surface area contributed by atoms with Crippen molar-refractivity contribution in [2.45, 2.75) is 19.9 Å². The van der Waals surface area contributed by atoms with Crippen LogP contribution in [0.15, 0.2) is 18.2 Å². The van der Waals surface area contributed by atoms with Crippen LogP contribution in [0.5, 0.6) is 11.5 Å². The Morgan fingerprint density at radius 1 is 1.52 bits per heavy atom. The summed E-state index contributed by atoms with van der Waals surface area (Å²) in [6.07, 6.45) is 2.99. The second-order valence-corrected chi connectivity index (χ2v) is 4.80. The zero-order valence-corrected chi connectivity index (χ0v) is 13.1. The lowest BCUT2D eigenvalue weighted by Gasteiger charge is -2.12. The number of carbonyl (C=O) groups excluding carboxylic acids is 1. The van der Waals surface area contributed by atoms with Gasteiger partial charge in [-0.1, -0.05) is 11.6 Å². The van der Waals surface area contributed by atoms with Crippen LogP contribution in [0, 0.1) is 0 Å². The maximum Gasteiger partial charge on any atom is 0.244 e. The molecule has 1 atom stereocenters. The lowest BCUT2D eigenvalue weighted by molar-refractivity contribution is -0.117. The summed E-state index contributed by atoms with van der Waals surface area (Å²) in [6.45, 7) is 3.94. The van der Waals surface area contributed by atoms with Crippen LogP contribution in [-0.2, 0) is 4.79 Å². The van der Waals surface area contributed by atoms with Gasteiger partial charge in [-0.2, -0.15) is 0 Å². The fourth-order valence-electron chi connectivity index (χ4n) is 1.65. The second kappa shape index (κ2) is 8.54. The SMILES string of the molecule is CCOc1cc(/C=C/C(=O)NC(C)CO)cc(Cl)c1OC. The normalized spacial score (nSPS) is 12.2. The van der Waals surface area contributed by atoms with Crippen molar-refractivity contribution >= 4 is 23.6 Å². The van der Waals surface area contributed by atoms with Crippen molar-refractivity contribution < 1.29 is 19.4 Å². The molecule has 21 heavy (non-hydrogen) atoms. The number of benzene rings is 1. The molecule has 0 aliphatic carbocycles. The van der Waals surface area contributed by atoms with E-state index in [1.807, 2.05) is 6.92 Å². The summed E-state index contributed by atoms with van der Waals surface area (Å²) < 4.78 is 10.6. The average Bonchev–Trinajstić information content (AvgIpc) is 2.45. The lowest BCUT2D eigenvalue weighted by atomic mass is 10.2. The van der Waals surface area contributed by atoms with Gasteiger partial charge in [0.05, 0.1) is 25.3 Å². The first-order chi connectivity index (χ1) is 10.0. The Morgan fingerprint density at radius 3 is 2.81 bits per heavy atom. The van der Waals surface area contributed by atoms with Crippen molar-refractivity contribution in [3.8, 4) is 11.5 Å². The molecule has 1 amide bonds. The maximum atomic E-state index is 11.6. The third-order valence-electron chi connectivity index (χ3n) is 2.63. The van der Waals surface area contributed by atoms with Gasteiger partial charge in [0, 0.05) is 12.1 Å². The highest BCUT2D eigenvalue weighted by Gasteiger charge is 2.10. The van der Waals surface area contributed by atoms with Crippen LogP contribution in [0.25, 0.3) is 6.08 Å². The minimum absolute atomic E-state index is 0.109. The molecular formula is C15H20ClNO4. The Labute approximate surface area is 129 Å². The van der Waals surface area contributed by atoms with Crippen LogP contribution >= 0.6 is 11.6 Å². The number of halogens is 1. The molecule has 5 nitrogen and oxygen atoms in total. The number of aliphatic hydroxyl groups is 1. The molecular weight excluding hydrogens is 294 g/mol. The van der Waals surface area contributed by atoms with Crippen molar-refractivity contribution in [2.75, 3.05) is 20.3 Å². The van der Waals surface area contributed by atoms with Crippen molar-refractivity contribution in [1.82, 2.24) is 5.32 Å². The molecule has 2 N–H and O–H groups in total. The number of hydrogen-bond donors (Lipinski definition) is 2. The predicted molar refractivity (Wildman–Crippen MR) is 82.9 cm³/mol. The Hall–Kier alpha value is -1.72. The molecule has 1 unspecified atom stereocenters. The highest BCUT2D eigenvalue weighted by atomic mass is 35.5. The van der Waals surface area contributed by atoms with E-state index in [0.717, 1.165) is 5.56 Å². The molecule has 0 saturated carbocycles. The van der Waals surface area contributed by atoms with Crippen LogP contribution < -0.4 is 14.8 Å². The molecule has 1 rings (SSSR count).